The van der Waals surface area contributed by atoms with Crippen molar-refractivity contribution in [1.82, 2.24) is 29.8 Å². The predicted octanol–water partition coefficient (Wildman–Crippen LogP) is 1.97. The van der Waals surface area contributed by atoms with Gasteiger partial charge in [-0.2, -0.15) is 0 Å². The van der Waals surface area contributed by atoms with E-state index in [1.54, 1.807) is 12.4 Å². The molecular formula is C27H28N8O3. The van der Waals surface area contributed by atoms with E-state index in [9.17, 15) is 4.79 Å². The number of aromatic nitrogens is 5. The first-order chi connectivity index (χ1) is 18.6. The van der Waals surface area contributed by atoms with Crippen molar-refractivity contribution in [2.75, 3.05) is 63.2 Å². The van der Waals surface area contributed by atoms with Crippen LogP contribution in [0.25, 0.3) is 33.5 Å². The van der Waals surface area contributed by atoms with Crippen LogP contribution < -0.4 is 10.6 Å². The highest BCUT2D eigenvalue weighted by molar-refractivity contribution is 5.90. The number of pyridine rings is 1. The third-order valence-corrected chi connectivity index (χ3v) is 6.74. The molecule has 11 nitrogen and oxygen atoms in total. The van der Waals surface area contributed by atoms with Crippen molar-refractivity contribution in [2.45, 2.75) is 6.42 Å². The van der Waals surface area contributed by atoms with Crippen LogP contribution in [0.15, 0.2) is 48.9 Å². The average Bonchev–Trinajstić information content (AvgIpc) is 2.97. The molecule has 0 unspecified atom stereocenters. The normalized spacial score (nSPS) is 16.1. The molecule has 2 saturated heterocycles. The second-order valence-electron chi connectivity index (χ2n) is 9.26. The molecule has 6 rings (SSSR count). The summed E-state index contributed by atoms with van der Waals surface area (Å²) in [4.78, 5) is 39.5. The van der Waals surface area contributed by atoms with E-state index >= 15 is 0 Å². The summed E-state index contributed by atoms with van der Waals surface area (Å²) in [6, 6.07) is 10.0. The molecule has 1 aromatic carbocycles. The first kappa shape index (κ1) is 24.1. The van der Waals surface area contributed by atoms with Gasteiger partial charge in [-0.25, -0.2) is 19.9 Å². The third kappa shape index (κ3) is 5.11. The van der Waals surface area contributed by atoms with Gasteiger partial charge >= 0.3 is 0 Å². The van der Waals surface area contributed by atoms with E-state index in [0.29, 0.717) is 75.9 Å². The smallest absolute Gasteiger partial charge is 0.227 e. The number of hydrogen-bond acceptors (Lipinski definition) is 10. The molecule has 2 fully saturated rings. The molecule has 11 heteroatoms. The number of nitrogen functional groups attached to an aromatic ring is 1. The fraction of sp³-hybridized carbons (Fsp3) is 0.333. The van der Waals surface area contributed by atoms with Gasteiger partial charge in [0, 0.05) is 50.3 Å². The van der Waals surface area contributed by atoms with Crippen molar-refractivity contribution in [3.05, 3.63) is 54.5 Å². The lowest BCUT2D eigenvalue weighted by Crippen LogP contribution is -2.41. The van der Waals surface area contributed by atoms with Gasteiger partial charge in [-0.1, -0.05) is 24.3 Å². The third-order valence-electron chi connectivity index (χ3n) is 6.74. The maximum atomic E-state index is 12.8. The zero-order valence-corrected chi connectivity index (χ0v) is 20.9. The number of nitrogens with two attached hydrogens (primary N) is 1. The number of rotatable bonds is 5. The summed E-state index contributed by atoms with van der Waals surface area (Å²) < 4.78 is 10.9. The Hall–Kier alpha value is -4.22. The van der Waals surface area contributed by atoms with Crippen molar-refractivity contribution >= 4 is 28.7 Å². The number of nitrogens with zero attached hydrogens (tertiary/aromatic N) is 7. The summed E-state index contributed by atoms with van der Waals surface area (Å²) in [6.07, 6.45) is 5.43. The van der Waals surface area contributed by atoms with Crippen LogP contribution in [0.3, 0.4) is 0 Å². The van der Waals surface area contributed by atoms with Crippen molar-refractivity contribution in [3.8, 4) is 22.5 Å². The van der Waals surface area contributed by atoms with Gasteiger partial charge in [0.15, 0.2) is 11.6 Å². The Bertz CT molecular complexity index is 1450. The van der Waals surface area contributed by atoms with Crippen molar-refractivity contribution < 1.29 is 14.3 Å². The maximum Gasteiger partial charge on any atom is 0.227 e. The Morgan fingerprint density at radius 2 is 1.55 bits per heavy atom. The largest absolute Gasteiger partial charge is 0.378 e. The highest BCUT2D eigenvalue weighted by Crippen LogP contribution is 2.30. The van der Waals surface area contributed by atoms with Crippen LogP contribution in [0.1, 0.15) is 5.56 Å². The number of morpholine rings is 2. The van der Waals surface area contributed by atoms with E-state index in [4.69, 9.17) is 30.2 Å². The Balaban J connectivity index is 1.36. The molecule has 2 aliphatic rings. The molecule has 0 aliphatic carbocycles. The molecule has 5 heterocycles. The molecule has 2 aliphatic heterocycles. The van der Waals surface area contributed by atoms with Gasteiger partial charge in [-0.05, 0) is 17.2 Å². The van der Waals surface area contributed by atoms with Crippen molar-refractivity contribution in [1.29, 1.82) is 0 Å². The summed E-state index contributed by atoms with van der Waals surface area (Å²) in [6.45, 7) is 5.14. The molecule has 0 radical (unpaired) electrons. The van der Waals surface area contributed by atoms with Crippen LogP contribution in [0.2, 0.25) is 0 Å². The predicted molar refractivity (Wildman–Crippen MR) is 142 cm³/mol. The number of hydrogen-bond donors (Lipinski definition) is 1. The van der Waals surface area contributed by atoms with Gasteiger partial charge in [0.2, 0.25) is 11.9 Å². The number of carbonyl (C=O) groups is 1. The highest BCUT2D eigenvalue weighted by atomic mass is 16.5. The zero-order chi connectivity index (χ0) is 25.9. The first-order valence-corrected chi connectivity index (χ1v) is 12.7. The number of carbonyl (C=O) groups excluding carboxylic acids is 1. The number of anilines is 2. The van der Waals surface area contributed by atoms with Gasteiger partial charge in [-0.3, -0.25) is 9.78 Å². The van der Waals surface area contributed by atoms with Crippen LogP contribution in [0, 0.1) is 0 Å². The minimum absolute atomic E-state index is 0.111. The van der Waals surface area contributed by atoms with E-state index in [1.165, 1.54) is 0 Å². The summed E-state index contributed by atoms with van der Waals surface area (Å²) in [5.41, 5.74) is 10.6. The summed E-state index contributed by atoms with van der Waals surface area (Å²) in [5, 5.41) is 0. The molecule has 194 valence electrons. The standard InChI is InChI=1S/C27H28N8O3/c28-27-30-16-21(17-31-27)25-32-22-14-20(15-29-24(22)26(33-25)35-6-10-38-11-7-35)19-3-1-2-18(12-19)13-23(36)34-4-8-37-9-5-34/h1-3,12,14-17H,4-11,13H2,(H2,28,30,31). The lowest BCUT2D eigenvalue weighted by atomic mass is 10.0. The minimum atomic E-state index is 0.111. The van der Waals surface area contributed by atoms with Crippen LogP contribution in [0.4, 0.5) is 11.8 Å². The molecule has 0 atom stereocenters. The molecule has 0 bridgehead atoms. The van der Waals surface area contributed by atoms with Gasteiger partial charge in [-0.15, -0.1) is 0 Å². The SMILES string of the molecule is Nc1ncc(-c2nc(N3CCOCC3)c3ncc(-c4cccc(CC(=O)N5CCOCC5)c4)cc3n2)cn1. The number of ether oxygens (including phenoxy) is 2. The second kappa shape index (κ2) is 10.6. The fourth-order valence-electron chi connectivity index (χ4n) is 4.70. The monoisotopic (exact) mass is 512 g/mol. The Morgan fingerprint density at radius 3 is 2.32 bits per heavy atom. The van der Waals surface area contributed by atoms with Gasteiger partial charge in [0.1, 0.15) is 5.52 Å². The minimum Gasteiger partial charge on any atom is -0.378 e. The van der Waals surface area contributed by atoms with E-state index in [0.717, 1.165) is 28.0 Å². The molecule has 38 heavy (non-hydrogen) atoms. The number of benzene rings is 1. The van der Waals surface area contributed by atoms with Gasteiger partial charge < -0.3 is 25.0 Å². The van der Waals surface area contributed by atoms with Crippen LogP contribution >= 0.6 is 0 Å². The van der Waals surface area contributed by atoms with E-state index in [-0.39, 0.29) is 11.9 Å². The molecule has 4 aromatic rings. The first-order valence-electron chi connectivity index (χ1n) is 12.7. The van der Waals surface area contributed by atoms with E-state index in [2.05, 4.69) is 14.9 Å². The fourth-order valence-corrected chi connectivity index (χ4v) is 4.70. The molecule has 3 aromatic heterocycles. The molecule has 1 amide bonds. The van der Waals surface area contributed by atoms with Crippen LogP contribution in [0.5, 0.6) is 0 Å². The molecule has 0 saturated carbocycles. The Kier molecular flexibility index (Phi) is 6.76. The number of fused-ring (bicyclic) bond motifs is 1. The Labute approximate surface area is 219 Å². The van der Waals surface area contributed by atoms with Crippen molar-refractivity contribution in [3.63, 3.8) is 0 Å². The van der Waals surface area contributed by atoms with Gasteiger partial charge in [0.25, 0.3) is 0 Å². The number of amides is 1. The Morgan fingerprint density at radius 1 is 0.842 bits per heavy atom. The summed E-state index contributed by atoms with van der Waals surface area (Å²) in [7, 11) is 0. The van der Waals surface area contributed by atoms with E-state index in [1.807, 2.05) is 41.4 Å². The second-order valence-corrected chi connectivity index (χ2v) is 9.26. The quantitative estimate of drug-likeness (QED) is 0.423. The topological polar surface area (TPSA) is 132 Å². The average molecular weight is 513 g/mol. The highest BCUT2D eigenvalue weighted by Gasteiger charge is 2.21. The van der Waals surface area contributed by atoms with Crippen LogP contribution in [-0.2, 0) is 20.7 Å². The van der Waals surface area contributed by atoms with E-state index < -0.39 is 0 Å². The molecular weight excluding hydrogens is 484 g/mol. The lowest BCUT2D eigenvalue weighted by molar-refractivity contribution is -0.134. The summed E-state index contributed by atoms with van der Waals surface area (Å²) >= 11 is 0. The molecule has 0 spiro atoms. The zero-order valence-electron chi connectivity index (χ0n) is 20.9. The van der Waals surface area contributed by atoms with Gasteiger partial charge in [0.05, 0.1) is 43.9 Å². The lowest BCUT2D eigenvalue weighted by Gasteiger charge is -2.28. The van der Waals surface area contributed by atoms with Crippen LogP contribution in [-0.4, -0.2) is 88.3 Å². The molecule has 2 N–H and O–H groups in total. The van der Waals surface area contributed by atoms with Crippen molar-refractivity contribution in [2.24, 2.45) is 0 Å². The maximum absolute atomic E-state index is 12.8. The summed E-state index contributed by atoms with van der Waals surface area (Å²) in [5.74, 6) is 1.56.